The fraction of sp³-hybridized carbons (Fsp3) is 0.0851. The Hall–Kier alpha value is -7.59. The van der Waals surface area contributed by atoms with Crippen molar-refractivity contribution in [3.8, 4) is 85.2 Å². The highest BCUT2D eigenvalue weighted by atomic mass is 16.3. The van der Waals surface area contributed by atoms with Gasteiger partial charge in [0.1, 0.15) is 22.7 Å². The number of nitrogens with zero attached hydrogens (tertiary/aromatic N) is 4. The average molecular weight is 753 g/mol. The minimum Gasteiger partial charge on any atom is -0.507 e. The number of aromatic nitrogens is 4. The summed E-state index contributed by atoms with van der Waals surface area (Å²) in [7, 11) is 0. The fourth-order valence-corrected chi connectivity index (χ4v) is 7.84. The van der Waals surface area contributed by atoms with Gasteiger partial charge in [-0.3, -0.25) is 0 Å². The molecule has 10 heteroatoms. The predicted molar refractivity (Wildman–Crippen MR) is 222 cm³/mol. The molecule has 0 atom stereocenters. The second-order valence-electron chi connectivity index (χ2n) is 14.1. The highest BCUT2D eigenvalue weighted by Gasteiger charge is 2.32. The summed E-state index contributed by atoms with van der Waals surface area (Å²) in [6.45, 7) is 3.01. The number of benzene rings is 6. The maximum atomic E-state index is 12.0. The third kappa shape index (κ3) is 5.60. The van der Waals surface area contributed by atoms with Crippen molar-refractivity contribution >= 4 is 27.4 Å². The molecule has 0 aliphatic heterocycles. The Bertz CT molecular complexity index is 2930. The normalized spacial score (nSPS) is 12.7. The van der Waals surface area contributed by atoms with Crippen molar-refractivity contribution < 1.29 is 30.6 Å². The van der Waals surface area contributed by atoms with Gasteiger partial charge in [-0.25, -0.2) is 15.0 Å². The van der Waals surface area contributed by atoms with Crippen LogP contribution in [0.4, 0.5) is 0 Å². The second kappa shape index (κ2) is 13.6. The molecule has 6 N–H and O–H groups in total. The third-order valence-electron chi connectivity index (χ3n) is 10.8. The summed E-state index contributed by atoms with van der Waals surface area (Å²) < 4.78 is 1.70. The van der Waals surface area contributed by atoms with Crippen molar-refractivity contribution in [3.63, 3.8) is 0 Å². The second-order valence-corrected chi connectivity index (χ2v) is 14.1. The van der Waals surface area contributed by atoms with Crippen LogP contribution in [0, 0.1) is 13.8 Å². The van der Waals surface area contributed by atoms with E-state index in [-0.39, 0.29) is 45.1 Å². The minimum absolute atomic E-state index is 0.0256. The topological polar surface area (TPSA) is 165 Å². The molecule has 0 unspecified atom stereocenters. The highest BCUT2D eigenvalue weighted by Crippen LogP contribution is 2.57. The van der Waals surface area contributed by atoms with Crippen LogP contribution in [-0.4, -0.2) is 50.2 Å². The van der Waals surface area contributed by atoms with Crippen molar-refractivity contribution in [2.75, 3.05) is 0 Å². The van der Waals surface area contributed by atoms with E-state index < -0.39 is 28.7 Å². The van der Waals surface area contributed by atoms with Gasteiger partial charge < -0.3 is 35.2 Å². The van der Waals surface area contributed by atoms with Crippen LogP contribution >= 0.6 is 0 Å². The molecule has 2 aromatic heterocycles. The van der Waals surface area contributed by atoms with E-state index in [1.165, 1.54) is 13.8 Å². The maximum absolute atomic E-state index is 12.0. The number of aromatic hydroxyl groups is 6. The van der Waals surface area contributed by atoms with E-state index in [4.69, 9.17) is 4.98 Å². The molecule has 0 radical (unpaired) electrons. The van der Waals surface area contributed by atoms with Crippen LogP contribution in [0.5, 0.6) is 34.5 Å². The lowest BCUT2D eigenvalue weighted by Gasteiger charge is -2.22. The van der Waals surface area contributed by atoms with Crippen molar-refractivity contribution in [2.24, 2.45) is 0 Å². The van der Waals surface area contributed by atoms with Gasteiger partial charge in [0.2, 0.25) is 0 Å². The molecule has 8 aromatic rings. The standard InChI is InChI=1S/C47H36N4O6/c1-25-35(41(54)43(56)37(39(25)52)47-49-45(28-16-8-4-9-17-28)48-46(50-47)29-18-10-5-11-19-29)36-26(2)40(53)38(44(57)42(36)55)51-33-21-13-12-20-31(33)32-23-22-30(24-34(32)51)27-14-6-3-7-15-27/h3-10,12-18,20-24,52-57H,11,19H2,1-2H3. The van der Waals surface area contributed by atoms with Crippen molar-refractivity contribution in [3.05, 3.63) is 138 Å². The van der Waals surface area contributed by atoms with Gasteiger partial charge in [0, 0.05) is 38.6 Å². The number of rotatable bonds is 6. The van der Waals surface area contributed by atoms with Crippen LogP contribution < -0.4 is 0 Å². The summed E-state index contributed by atoms with van der Waals surface area (Å²) in [5.41, 5.74) is 4.11. The summed E-state index contributed by atoms with van der Waals surface area (Å²) in [6, 6.07) is 32.6. The quantitative estimate of drug-likeness (QED) is 0.0716. The Morgan fingerprint density at radius 3 is 1.77 bits per heavy atom. The molecule has 9 rings (SSSR count). The van der Waals surface area contributed by atoms with Crippen LogP contribution in [0.15, 0.2) is 121 Å². The average Bonchev–Trinajstić information content (AvgIpc) is 3.57. The van der Waals surface area contributed by atoms with E-state index in [0.717, 1.165) is 33.9 Å². The molecular formula is C47H36N4O6. The molecule has 280 valence electrons. The predicted octanol–water partition coefficient (Wildman–Crippen LogP) is 10.2. The molecule has 57 heavy (non-hydrogen) atoms. The Kier molecular flexibility index (Phi) is 8.39. The van der Waals surface area contributed by atoms with E-state index in [1.54, 1.807) is 4.57 Å². The van der Waals surface area contributed by atoms with Gasteiger partial charge in [-0.05, 0) is 55.5 Å². The monoisotopic (exact) mass is 752 g/mol. The number of phenols is 6. The summed E-state index contributed by atoms with van der Waals surface area (Å²) in [6.07, 6.45) is 7.30. The summed E-state index contributed by atoms with van der Waals surface area (Å²) in [4.78, 5) is 14.0. The highest BCUT2D eigenvalue weighted by molar-refractivity contribution is 6.11. The summed E-state index contributed by atoms with van der Waals surface area (Å²) in [5, 5.41) is 72.8. The first kappa shape index (κ1) is 35.1. The van der Waals surface area contributed by atoms with Crippen LogP contribution in [0.25, 0.3) is 78.1 Å². The SMILES string of the molecule is Cc1c(O)c(-c2nc(C3=CC=CCC3)nc(-c3ccccc3)n2)c(O)c(O)c1-c1c(C)c(O)c(-n2c3ccccc3c3ccc(-c4ccccc4)cc32)c(O)c1O. The van der Waals surface area contributed by atoms with Crippen molar-refractivity contribution in [1.29, 1.82) is 0 Å². The third-order valence-corrected chi connectivity index (χ3v) is 10.8. The van der Waals surface area contributed by atoms with Gasteiger partial charge in [0.15, 0.2) is 40.5 Å². The first-order valence-electron chi connectivity index (χ1n) is 18.5. The van der Waals surface area contributed by atoms with Gasteiger partial charge >= 0.3 is 0 Å². The number of hydrogen-bond acceptors (Lipinski definition) is 9. The lowest BCUT2D eigenvalue weighted by molar-refractivity contribution is 0.390. The molecule has 0 spiro atoms. The fourth-order valence-electron chi connectivity index (χ4n) is 7.84. The van der Waals surface area contributed by atoms with Gasteiger partial charge in [-0.15, -0.1) is 0 Å². The lowest BCUT2D eigenvalue weighted by atomic mass is 9.90. The summed E-state index contributed by atoms with van der Waals surface area (Å²) in [5.74, 6) is -3.15. The lowest BCUT2D eigenvalue weighted by Crippen LogP contribution is -2.05. The molecule has 1 aliphatic rings. The summed E-state index contributed by atoms with van der Waals surface area (Å²) >= 11 is 0. The zero-order chi connectivity index (χ0) is 39.5. The van der Waals surface area contributed by atoms with Crippen LogP contribution in [0.1, 0.15) is 29.8 Å². The molecular weight excluding hydrogens is 717 g/mol. The first-order valence-corrected chi connectivity index (χ1v) is 18.5. The number of para-hydroxylation sites is 1. The molecule has 1 aliphatic carbocycles. The van der Waals surface area contributed by atoms with E-state index in [1.807, 2.05) is 121 Å². The van der Waals surface area contributed by atoms with Crippen LogP contribution in [0.2, 0.25) is 0 Å². The Morgan fingerprint density at radius 2 is 1.07 bits per heavy atom. The molecule has 0 saturated heterocycles. The Balaban J connectivity index is 1.24. The van der Waals surface area contributed by atoms with Gasteiger partial charge in [0.25, 0.3) is 0 Å². The number of hydrogen-bond donors (Lipinski definition) is 6. The molecule has 0 amide bonds. The number of fused-ring (bicyclic) bond motifs is 3. The Morgan fingerprint density at radius 1 is 0.491 bits per heavy atom. The van der Waals surface area contributed by atoms with Crippen LogP contribution in [-0.2, 0) is 0 Å². The maximum Gasteiger partial charge on any atom is 0.186 e. The first-order chi connectivity index (χ1) is 27.6. The van der Waals surface area contributed by atoms with Gasteiger partial charge in [0.05, 0.1) is 11.0 Å². The van der Waals surface area contributed by atoms with Gasteiger partial charge in [-0.1, -0.05) is 109 Å². The van der Waals surface area contributed by atoms with Gasteiger partial charge in [-0.2, -0.15) is 0 Å². The number of phenolic OH excluding ortho intramolecular Hbond substituents is 6. The zero-order valence-corrected chi connectivity index (χ0v) is 30.9. The van der Waals surface area contributed by atoms with E-state index in [9.17, 15) is 30.6 Å². The van der Waals surface area contributed by atoms with E-state index in [2.05, 4.69) is 9.97 Å². The smallest absolute Gasteiger partial charge is 0.186 e. The molecule has 6 aromatic carbocycles. The van der Waals surface area contributed by atoms with Crippen molar-refractivity contribution in [1.82, 2.24) is 19.5 Å². The number of allylic oxidation sites excluding steroid dienone is 4. The largest absolute Gasteiger partial charge is 0.507 e. The molecule has 0 saturated carbocycles. The van der Waals surface area contributed by atoms with Crippen molar-refractivity contribution in [2.45, 2.75) is 26.7 Å². The van der Waals surface area contributed by atoms with Crippen LogP contribution in [0.3, 0.4) is 0 Å². The molecule has 0 bridgehead atoms. The minimum atomic E-state index is -0.764. The van der Waals surface area contributed by atoms with E-state index in [0.29, 0.717) is 34.7 Å². The zero-order valence-electron chi connectivity index (χ0n) is 30.9. The van der Waals surface area contributed by atoms with E-state index >= 15 is 0 Å². The molecule has 2 heterocycles. The molecule has 0 fully saturated rings. The Labute approximate surface area is 326 Å². The molecule has 10 nitrogen and oxygen atoms in total.